The summed E-state index contributed by atoms with van der Waals surface area (Å²) < 4.78 is 9.72. The number of nitrogens with one attached hydrogen (secondary N) is 1. The van der Waals surface area contributed by atoms with Crippen LogP contribution in [0.25, 0.3) is 0 Å². The first-order valence-corrected chi connectivity index (χ1v) is 6.54. The van der Waals surface area contributed by atoms with E-state index in [2.05, 4.69) is 5.32 Å². The molecule has 0 radical (unpaired) electrons. The Morgan fingerprint density at radius 3 is 2.40 bits per heavy atom. The molecule has 3 atom stereocenters. The highest BCUT2D eigenvalue weighted by atomic mass is 16.5. The smallest absolute Gasteiger partial charge is 0.311 e. The first kappa shape index (κ1) is 14.5. The quantitative estimate of drug-likeness (QED) is 0.838. The summed E-state index contributed by atoms with van der Waals surface area (Å²) >= 11 is 0. The lowest BCUT2D eigenvalue weighted by molar-refractivity contribution is -0.159. The molecular weight excluding hydrogens is 258 g/mol. The van der Waals surface area contributed by atoms with Gasteiger partial charge in [0.15, 0.2) is 0 Å². The van der Waals surface area contributed by atoms with E-state index in [0.29, 0.717) is 6.42 Å². The first-order chi connectivity index (χ1) is 9.63. The summed E-state index contributed by atoms with van der Waals surface area (Å²) in [6.07, 6.45) is 0.487. The first-order valence-electron chi connectivity index (χ1n) is 6.54. The van der Waals surface area contributed by atoms with Crippen LogP contribution in [0.5, 0.6) is 0 Å². The summed E-state index contributed by atoms with van der Waals surface area (Å²) in [6.45, 7) is 0. The van der Waals surface area contributed by atoms with Crippen LogP contribution < -0.4 is 5.32 Å². The van der Waals surface area contributed by atoms with Crippen molar-refractivity contribution in [1.29, 1.82) is 0 Å². The normalized spacial score (nSPS) is 24.6. The molecule has 20 heavy (non-hydrogen) atoms. The van der Waals surface area contributed by atoms with Crippen molar-refractivity contribution in [3.8, 4) is 0 Å². The van der Waals surface area contributed by atoms with Gasteiger partial charge in [0.2, 0.25) is 0 Å². The van der Waals surface area contributed by atoms with Gasteiger partial charge < -0.3 is 14.8 Å². The van der Waals surface area contributed by atoms with Gasteiger partial charge in [-0.1, -0.05) is 24.3 Å². The molecule has 0 fully saturated rings. The summed E-state index contributed by atoms with van der Waals surface area (Å²) in [6, 6.07) is 7.55. The minimum atomic E-state index is -0.577. The Bertz CT molecular complexity index is 514. The van der Waals surface area contributed by atoms with E-state index in [1.54, 1.807) is 7.05 Å². The zero-order chi connectivity index (χ0) is 14.7. The standard InChI is InChI=1S/C15H19NO4/c1-16-13-10-7-5-4-6-9(10)8-11(14(17)19-2)12(13)15(18)20-3/h4-7,11-13,16H,8H2,1-3H3/t11-,12+,13-/m1/s1. The Hall–Kier alpha value is -1.88. The molecule has 1 aliphatic carbocycles. The van der Waals surface area contributed by atoms with Gasteiger partial charge >= 0.3 is 11.9 Å². The van der Waals surface area contributed by atoms with Crippen molar-refractivity contribution in [2.24, 2.45) is 11.8 Å². The van der Waals surface area contributed by atoms with Gasteiger partial charge in [-0.25, -0.2) is 0 Å². The zero-order valence-electron chi connectivity index (χ0n) is 11.9. The topological polar surface area (TPSA) is 64.6 Å². The number of ether oxygens (including phenoxy) is 2. The van der Waals surface area contributed by atoms with Crippen LogP contribution in [0.15, 0.2) is 24.3 Å². The second-order valence-electron chi connectivity index (χ2n) is 4.85. The largest absolute Gasteiger partial charge is 0.469 e. The highest BCUT2D eigenvalue weighted by molar-refractivity contribution is 5.84. The SMILES string of the molecule is CN[C@@H]1c2ccccc2C[C@@H](C(=O)OC)[C@@H]1C(=O)OC. The van der Waals surface area contributed by atoms with Crippen LogP contribution in [-0.4, -0.2) is 33.2 Å². The minimum Gasteiger partial charge on any atom is -0.469 e. The molecule has 1 aromatic carbocycles. The maximum Gasteiger partial charge on any atom is 0.311 e. The van der Waals surface area contributed by atoms with Crippen molar-refractivity contribution < 1.29 is 19.1 Å². The van der Waals surface area contributed by atoms with Gasteiger partial charge in [0, 0.05) is 6.04 Å². The summed E-state index contributed by atoms with van der Waals surface area (Å²) in [5.41, 5.74) is 2.09. The molecule has 0 spiro atoms. The van der Waals surface area contributed by atoms with Crippen LogP contribution in [0.4, 0.5) is 0 Å². The molecular formula is C15H19NO4. The molecule has 0 amide bonds. The van der Waals surface area contributed by atoms with E-state index in [1.165, 1.54) is 14.2 Å². The molecule has 0 unspecified atom stereocenters. The predicted molar refractivity (Wildman–Crippen MR) is 73.0 cm³/mol. The number of fused-ring (bicyclic) bond motifs is 1. The van der Waals surface area contributed by atoms with Crippen LogP contribution in [0, 0.1) is 11.8 Å². The number of esters is 2. The third-order valence-corrected chi connectivity index (χ3v) is 3.91. The van der Waals surface area contributed by atoms with E-state index >= 15 is 0 Å². The molecule has 108 valence electrons. The molecule has 1 aliphatic rings. The van der Waals surface area contributed by atoms with Crippen molar-refractivity contribution in [3.05, 3.63) is 35.4 Å². The molecule has 0 saturated heterocycles. The number of carbonyl (C=O) groups excluding carboxylic acids is 2. The Morgan fingerprint density at radius 1 is 1.15 bits per heavy atom. The van der Waals surface area contributed by atoms with Crippen molar-refractivity contribution in [2.75, 3.05) is 21.3 Å². The number of hydrogen-bond acceptors (Lipinski definition) is 5. The molecule has 0 saturated carbocycles. The molecule has 2 rings (SSSR count). The average Bonchev–Trinajstić information content (AvgIpc) is 2.51. The summed E-state index contributed by atoms with van der Waals surface area (Å²) in [5, 5.41) is 3.13. The minimum absolute atomic E-state index is 0.253. The number of rotatable bonds is 3. The van der Waals surface area contributed by atoms with E-state index in [-0.39, 0.29) is 12.0 Å². The number of benzene rings is 1. The third-order valence-electron chi connectivity index (χ3n) is 3.91. The molecule has 0 bridgehead atoms. The van der Waals surface area contributed by atoms with Gasteiger partial charge in [-0.15, -0.1) is 0 Å². The fraction of sp³-hybridized carbons (Fsp3) is 0.467. The molecule has 0 aliphatic heterocycles. The van der Waals surface area contributed by atoms with Crippen molar-refractivity contribution in [1.82, 2.24) is 5.32 Å². The van der Waals surface area contributed by atoms with Gasteiger partial charge in [0.1, 0.15) is 0 Å². The third kappa shape index (κ3) is 2.41. The van der Waals surface area contributed by atoms with Crippen LogP contribution in [0.3, 0.4) is 0 Å². The summed E-state index contributed by atoms with van der Waals surface area (Å²) in [4.78, 5) is 24.1. The maximum absolute atomic E-state index is 12.1. The molecule has 0 heterocycles. The Balaban J connectivity index is 2.49. The van der Waals surface area contributed by atoms with Crippen LogP contribution >= 0.6 is 0 Å². The second-order valence-corrected chi connectivity index (χ2v) is 4.85. The lowest BCUT2D eigenvalue weighted by Crippen LogP contribution is -2.44. The fourth-order valence-electron chi connectivity index (χ4n) is 2.97. The van der Waals surface area contributed by atoms with Crippen LogP contribution in [0.1, 0.15) is 17.2 Å². The van der Waals surface area contributed by atoms with Gasteiger partial charge in [-0.2, -0.15) is 0 Å². The summed E-state index contributed by atoms with van der Waals surface area (Å²) in [5.74, 6) is -1.88. The average molecular weight is 277 g/mol. The zero-order valence-corrected chi connectivity index (χ0v) is 11.9. The molecule has 0 aromatic heterocycles. The van der Waals surface area contributed by atoms with Crippen LogP contribution in [0.2, 0.25) is 0 Å². The van der Waals surface area contributed by atoms with Crippen molar-refractivity contribution in [3.63, 3.8) is 0 Å². The van der Waals surface area contributed by atoms with E-state index in [1.807, 2.05) is 24.3 Å². The van der Waals surface area contributed by atoms with Crippen LogP contribution in [-0.2, 0) is 25.5 Å². The molecule has 5 nitrogen and oxygen atoms in total. The fourth-order valence-corrected chi connectivity index (χ4v) is 2.97. The van der Waals surface area contributed by atoms with Gasteiger partial charge in [-0.05, 0) is 24.6 Å². The van der Waals surface area contributed by atoms with Gasteiger partial charge in [-0.3, -0.25) is 9.59 Å². The van der Waals surface area contributed by atoms with Gasteiger partial charge in [0.05, 0.1) is 26.1 Å². The van der Waals surface area contributed by atoms with E-state index in [0.717, 1.165) is 11.1 Å². The Morgan fingerprint density at radius 2 is 1.80 bits per heavy atom. The number of carbonyl (C=O) groups is 2. The molecule has 1 aromatic rings. The maximum atomic E-state index is 12.1. The predicted octanol–water partition coefficient (Wildman–Crippen LogP) is 1.08. The highest BCUT2D eigenvalue weighted by Gasteiger charge is 2.45. The molecule has 5 heteroatoms. The van der Waals surface area contributed by atoms with E-state index < -0.39 is 17.8 Å². The van der Waals surface area contributed by atoms with Crippen molar-refractivity contribution >= 4 is 11.9 Å². The van der Waals surface area contributed by atoms with E-state index in [4.69, 9.17) is 9.47 Å². The lowest BCUT2D eigenvalue weighted by atomic mass is 9.72. The Labute approximate surface area is 118 Å². The highest BCUT2D eigenvalue weighted by Crippen LogP contribution is 2.39. The number of methoxy groups -OCH3 is 2. The number of hydrogen-bond donors (Lipinski definition) is 1. The van der Waals surface area contributed by atoms with Gasteiger partial charge in [0.25, 0.3) is 0 Å². The lowest BCUT2D eigenvalue weighted by Gasteiger charge is -2.36. The van der Waals surface area contributed by atoms with E-state index in [9.17, 15) is 9.59 Å². The Kier molecular flexibility index (Phi) is 4.39. The monoisotopic (exact) mass is 277 g/mol. The summed E-state index contributed by atoms with van der Waals surface area (Å²) in [7, 11) is 4.45. The van der Waals surface area contributed by atoms with Crippen molar-refractivity contribution in [2.45, 2.75) is 12.5 Å². The second kappa shape index (κ2) is 6.05. The molecule has 1 N–H and O–H groups in total.